The molecule has 6 heteroatoms. The summed E-state index contributed by atoms with van der Waals surface area (Å²) in [5.74, 6) is 0.793. The zero-order valence-electron chi connectivity index (χ0n) is 37.6. The van der Waals surface area contributed by atoms with Gasteiger partial charge in [-0.3, -0.25) is 14.4 Å². The molecule has 0 bridgehead atoms. The van der Waals surface area contributed by atoms with Crippen LogP contribution in [0.5, 0.6) is 0 Å². The molecule has 2 atom stereocenters. The highest BCUT2D eigenvalue weighted by molar-refractivity contribution is 5.71. The highest BCUT2D eigenvalue weighted by Gasteiger charge is 2.19. The Morgan fingerprint density at radius 3 is 1.04 bits per heavy atom. The lowest BCUT2D eigenvalue weighted by atomic mass is 10.00. The van der Waals surface area contributed by atoms with Crippen molar-refractivity contribution >= 4 is 17.9 Å². The van der Waals surface area contributed by atoms with E-state index in [4.69, 9.17) is 14.2 Å². The van der Waals surface area contributed by atoms with E-state index in [0.29, 0.717) is 19.3 Å². The van der Waals surface area contributed by atoms with E-state index in [1.807, 2.05) is 0 Å². The molecule has 326 valence electrons. The lowest BCUT2D eigenvalue weighted by molar-refractivity contribution is -0.167. The molecule has 1 unspecified atom stereocenters. The summed E-state index contributed by atoms with van der Waals surface area (Å²) in [6, 6.07) is 0. The fraction of sp³-hybridized carbons (Fsp3) is 0.939. The number of unbranched alkanes of at least 4 members (excludes halogenated alkanes) is 27. The van der Waals surface area contributed by atoms with Crippen molar-refractivity contribution in [3.05, 3.63) is 0 Å². The summed E-state index contributed by atoms with van der Waals surface area (Å²) in [4.78, 5) is 37.8. The van der Waals surface area contributed by atoms with Crippen molar-refractivity contribution in [3.8, 4) is 0 Å². The molecule has 0 aliphatic carbocycles. The Morgan fingerprint density at radius 2 is 0.691 bits per heavy atom. The molecule has 0 rings (SSSR count). The van der Waals surface area contributed by atoms with Crippen molar-refractivity contribution in [1.29, 1.82) is 0 Å². The van der Waals surface area contributed by atoms with E-state index >= 15 is 0 Å². The van der Waals surface area contributed by atoms with Gasteiger partial charge in [-0.15, -0.1) is 0 Å². The van der Waals surface area contributed by atoms with Crippen molar-refractivity contribution in [2.45, 2.75) is 272 Å². The summed E-state index contributed by atoms with van der Waals surface area (Å²) in [7, 11) is 0. The van der Waals surface area contributed by atoms with Gasteiger partial charge in [-0.25, -0.2) is 0 Å². The third-order valence-corrected chi connectivity index (χ3v) is 11.3. The van der Waals surface area contributed by atoms with Crippen molar-refractivity contribution in [2.24, 2.45) is 11.8 Å². The van der Waals surface area contributed by atoms with Crippen LogP contribution in [0.3, 0.4) is 0 Å². The van der Waals surface area contributed by atoms with Gasteiger partial charge < -0.3 is 14.2 Å². The highest BCUT2D eigenvalue weighted by Crippen LogP contribution is 2.17. The zero-order chi connectivity index (χ0) is 40.5. The second kappa shape index (κ2) is 42.0. The van der Waals surface area contributed by atoms with Crippen LogP contribution >= 0.6 is 0 Å². The van der Waals surface area contributed by atoms with Crippen molar-refractivity contribution < 1.29 is 28.6 Å². The van der Waals surface area contributed by atoms with Crippen LogP contribution in [0, 0.1) is 11.8 Å². The highest BCUT2D eigenvalue weighted by atomic mass is 16.6. The smallest absolute Gasteiger partial charge is 0.306 e. The number of carbonyl (C=O) groups is 3. The summed E-state index contributed by atoms with van der Waals surface area (Å²) >= 11 is 0. The molecular formula is C49H94O6. The number of rotatable bonds is 43. The first kappa shape index (κ1) is 53.4. The molecule has 6 nitrogen and oxygen atoms in total. The normalized spacial score (nSPS) is 12.5. The standard InChI is InChI=1S/C49H94O6/c1-6-8-9-10-11-12-13-17-21-24-31-36-41-49(52)55-46(43-54-48(51)40-35-30-26-25-28-33-38-45(5)7-2)42-53-47(50)39-34-29-23-20-18-15-14-16-19-22-27-32-37-44(3)4/h44-46H,6-43H2,1-5H3/t45?,46-/m1/s1. The number of hydrogen-bond donors (Lipinski definition) is 0. The predicted octanol–water partition coefficient (Wildman–Crippen LogP) is 15.4. The zero-order valence-corrected chi connectivity index (χ0v) is 37.6. The maximum Gasteiger partial charge on any atom is 0.306 e. The van der Waals surface area contributed by atoms with Crippen molar-refractivity contribution in [1.82, 2.24) is 0 Å². The average Bonchev–Trinajstić information content (AvgIpc) is 3.17. The minimum absolute atomic E-state index is 0.0648. The van der Waals surface area contributed by atoms with E-state index in [1.54, 1.807) is 0 Å². The minimum atomic E-state index is -0.761. The third kappa shape index (κ3) is 41.9. The fourth-order valence-corrected chi connectivity index (χ4v) is 7.25. The van der Waals surface area contributed by atoms with Gasteiger partial charge in [0.15, 0.2) is 6.10 Å². The molecule has 0 aliphatic rings. The van der Waals surface area contributed by atoms with Crippen LogP contribution in [-0.2, 0) is 28.6 Å². The molecule has 0 fully saturated rings. The lowest BCUT2D eigenvalue weighted by Gasteiger charge is -2.18. The van der Waals surface area contributed by atoms with E-state index in [-0.39, 0.29) is 31.1 Å². The van der Waals surface area contributed by atoms with Crippen LogP contribution in [0.1, 0.15) is 266 Å². The van der Waals surface area contributed by atoms with Gasteiger partial charge in [0.25, 0.3) is 0 Å². The van der Waals surface area contributed by atoms with E-state index in [1.165, 1.54) is 154 Å². The van der Waals surface area contributed by atoms with E-state index in [0.717, 1.165) is 69.6 Å². The van der Waals surface area contributed by atoms with Crippen LogP contribution in [0.25, 0.3) is 0 Å². The Morgan fingerprint density at radius 1 is 0.382 bits per heavy atom. The Labute approximate surface area is 342 Å². The van der Waals surface area contributed by atoms with Gasteiger partial charge in [0.1, 0.15) is 13.2 Å². The van der Waals surface area contributed by atoms with E-state index in [2.05, 4.69) is 34.6 Å². The first-order chi connectivity index (χ1) is 26.8. The number of ether oxygens (including phenoxy) is 3. The first-order valence-corrected chi connectivity index (χ1v) is 24.3. The van der Waals surface area contributed by atoms with Gasteiger partial charge in [-0.2, -0.15) is 0 Å². The lowest BCUT2D eigenvalue weighted by Crippen LogP contribution is -2.30. The van der Waals surface area contributed by atoms with Gasteiger partial charge in [0, 0.05) is 19.3 Å². The summed E-state index contributed by atoms with van der Waals surface area (Å²) in [5.41, 5.74) is 0. The van der Waals surface area contributed by atoms with Gasteiger partial charge in [-0.05, 0) is 31.1 Å². The maximum absolute atomic E-state index is 12.7. The molecule has 0 N–H and O–H groups in total. The first-order valence-electron chi connectivity index (χ1n) is 24.3. The maximum atomic E-state index is 12.7. The van der Waals surface area contributed by atoms with Crippen molar-refractivity contribution in [2.75, 3.05) is 13.2 Å². The Bertz CT molecular complexity index is 841. The van der Waals surface area contributed by atoms with E-state index in [9.17, 15) is 14.4 Å². The molecule has 0 saturated carbocycles. The van der Waals surface area contributed by atoms with Gasteiger partial charge in [0.05, 0.1) is 0 Å². The molecule has 0 aliphatic heterocycles. The summed E-state index contributed by atoms with van der Waals surface area (Å²) in [6.07, 6.45) is 40.8. The second-order valence-electron chi connectivity index (χ2n) is 17.5. The van der Waals surface area contributed by atoms with Crippen LogP contribution in [0.4, 0.5) is 0 Å². The third-order valence-electron chi connectivity index (χ3n) is 11.3. The average molecular weight is 779 g/mol. The Balaban J connectivity index is 4.31. The molecule has 0 saturated heterocycles. The SMILES string of the molecule is CCCCCCCCCCCCCCC(=O)O[C@H](COC(=O)CCCCCCCCCCCCCCC(C)C)COC(=O)CCCCCCCCC(C)CC. The molecule has 0 amide bonds. The molecule has 0 aromatic carbocycles. The molecule has 0 aromatic heterocycles. The monoisotopic (exact) mass is 779 g/mol. The number of esters is 3. The summed E-state index contributed by atoms with van der Waals surface area (Å²) in [6.45, 7) is 11.3. The molecular weight excluding hydrogens is 685 g/mol. The number of carbonyl (C=O) groups excluding carboxylic acids is 3. The second-order valence-corrected chi connectivity index (χ2v) is 17.5. The minimum Gasteiger partial charge on any atom is -0.462 e. The van der Waals surface area contributed by atoms with Gasteiger partial charge in [-0.1, -0.05) is 227 Å². The molecule has 0 spiro atoms. The van der Waals surface area contributed by atoms with Gasteiger partial charge in [0.2, 0.25) is 0 Å². The predicted molar refractivity (Wildman–Crippen MR) is 233 cm³/mol. The van der Waals surface area contributed by atoms with Crippen molar-refractivity contribution in [3.63, 3.8) is 0 Å². The molecule has 0 radical (unpaired) electrons. The topological polar surface area (TPSA) is 78.9 Å². The summed E-state index contributed by atoms with van der Waals surface area (Å²) < 4.78 is 16.7. The van der Waals surface area contributed by atoms with Crippen LogP contribution < -0.4 is 0 Å². The Kier molecular flexibility index (Phi) is 40.8. The van der Waals surface area contributed by atoms with E-state index < -0.39 is 6.10 Å². The molecule has 0 aromatic rings. The van der Waals surface area contributed by atoms with Crippen LogP contribution in [-0.4, -0.2) is 37.2 Å². The largest absolute Gasteiger partial charge is 0.462 e. The number of hydrogen-bond acceptors (Lipinski definition) is 6. The van der Waals surface area contributed by atoms with Crippen LogP contribution in [0.15, 0.2) is 0 Å². The van der Waals surface area contributed by atoms with Crippen LogP contribution in [0.2, 0.25) is 0 Å². The fourth-order valence-electron chi connectivity index (χ4n) is 7.25. The molecule has 55 heavy (non-hydrogen) atoms. The Hall–Kier alpha value is -1.59. The quantitative estimate of drug-likeness (QED) is 0.0348. The summed E-state index contributed by atoms with van der Waals surface area (Å²) in [5, 5.41) is 0. The van der Waals surface area contributed by atoms with Gasteiger partial charge >= 0.3 is 17.9 Å². The molecule has 0 heterocycles.